The summed E-state index contributed by atoms with van der Waals surface area (Å²) in [6.45, 7) is 3.84. The zero-order valence-corrected chi connectivity index (χ0v) is 28.1. The van der Waals surface area contributed by atoms with E-state index in [1.54, 1.807) is 19.9 Å². The number of carbonyl (C=O) groups is 2. The second-order valence-electron chi connectivity index (χ2n) is 12.1. The van der Waals surface area contributed by atoms with Crippen LogP contribution in [0.5, 0.6) is 23.0 Å². The minimum atomic E-state index is -1.09. The van der Waals surface area contributed by atoms with Crippen LogP contribution in [0.3, 0.4) is 0 Å². The first-order valence-electron chi connectivity index (χ1n) is 15.7. The Morgan fingerprint density at radius 3 is 2.58 bits per heavy atom. The number of pyridine rings is 1. The molecular weight excluding hydrogens is 651 g/mol. The molecule has 2 aromatic carbocycles. The van der Waals surface area contributed by atoms with Gasteiger partial charge in [0.05, 0.1) is 33.2 Å². The summed E-state index contributed by atoms with van der Waals surface area (Å²) >= 11 is 0. The summed E-state index contributed by atoms with van der Waals surface area (Å²) in [5.74, 6) is -0.321. The monoisotopic (exact) mass is 688 g/mol. The summed E-state index contributed by atoms with van der Waals surface area (Å²) in [5, 5.41) is 8.84. The van der Waals surface area contributed by atoms with Crippen molar-refractivity contribution in [3.8, 4) is 23.0 Å². The van der Waals surface area contributed by atoms with Crippen LogP contribution >= 0.6 is 0 Å². The quantitative estimate of drug-likeness (QED) is 0.164. The van der Waals surface area contributed by atoms with E-state index < -0.39 is 29.5 Å². The van der Waals surface area contributed by atoms with Gasteiger partial charge in [0.25, 0.3) is 5.91 Å². The smallest absolute Gasteiger partial charge is 0.421 e. The topological polar surface area (TPSA) is 184 Å². The van der Waals surface area contributed by atoms with E-state index in [0.717, 1.165) is 22.3 Å². The van der Waals surface area contributed by atoms with E-state index >= 15 is 4.39 Å². The number of hydrogen-bond acceptors (Lipinski definition) is 13. The number of carbonyl (C=O) groups excluding carboxylic acids is 2. The van der Waals surface area contributed by atoms with Crippen LogP contribution in [0, 0.1) is 5.82 Å². The van der Waals surface area contributed by atoms with Crippen LogP contribution in [0.4, 0.5) is 44.0 Å². The maximum atomic E-state index is 15.2. The minimum Gasteiger partial charge on any atom is -0.493 e. The van der Waals surface area contributed by atoms with Gasteiger partial charge in [-0.15, -0.1) is 0 Å². The molecule has 0 fully saturated rings. The summed E-state index contributed by atoms with van der Waals surface area (Å²) in [6, 6.07) is 13.6. The van der Waals surface area contributed by atoms with Crippen LogP contribution in [0.25, 0.3) is 0 Å². The average molecular weight is 689 g/mol. The van der Waals surface area contributed by atoms with Crippen molar-refractivity contribution < 1.29 is 37.7 Å². The lowest BCUT2D eigenvalue weighted by Crippen LogP contribution is -2.46. The molecule has 0 spiro atoms. The summed E-state index contributed by atoms with van der Waals surface area (Å²) < 4.78 is 43.1. The van der Waals surface area contributed by atoms with E-state index in [1.165, 1.54) is 39.5 Å². The predicted octanol–water partition coefficient (Wildman–Crippen LogP) is 5.09. The zero-order chi connectivity index (χ0) is 35.6. The first-order valence-corrected chi connectivity index (χ1v) is 15.7. The Labute approximate surface area is 287 Å². The number of ether oxygens (including phenoxy) is 5. The molecule has 0 radical (unpaired) electrons. The first-order chi connectivity index (χ1) is 24.0. The molecule has 0 aliphatic carbocycles. The first kappa shape index (κ1) is 34.0. The molecule has 4 aromatic rings. The number of hydrogen-bond donors (Lipinski definition) is 4. The number of anilines is 6. The number of methoxy groups -OCH3 is 3. The number of nitrogens with two attached hydrogens (primary N) is 1. The molecular formula is C34H37FN8O7. The Hall–Kier alpha value is -5.90. The second-order valence-corrected chi connectivity index (χ2v) is 12.1. The van der Waals surface area contributed by atoms with Crippen LogP contribution in [0.15, 0.2) is 54.7 Å². The van der Waals surface area contributed by atoms with Crippen molar-refractivity contribution in [1.82, 2.24) is 15.0 Å². The van der Waals surface area contributed by atoms with Gasteiger partial charge in [-0.25, -0.2) is 24.1 Å². The summed E-state index contributed by atoms with van der Waals surface area (Å²) in [4.78, 5) is 40.1. The Kier molecular flexibility index (Phi) is 9.46. The van der Waals surface area contributed by atoms with Gasteiger partial charge in [-0.2, -0.15) is 4.98 Å². The molecule has 15 nitrogen and oxygen atoms in total. The number of aromatic nitrogens is 3. The Bertz CT molecular complexity index is 1900. The highest BCUT2D eigenvalue weighted by Crippen LogP contribution is 2.43. The SMILES string of the molecule is COc1cc(N(C(=O)OCC(N)CC2CNc3ccccc32)c2ncc(F)c(Nc3ccc4c(n3)NC(=O)C(C)(C)O4)n2)cc(OC)c1OC. The number of para-hydroxylation sites is 1. The highest BCUT2D eigenvalue weighted by atomic mass is 19.1. The highest BCUT2D eigenvalue weighted by molar-refractivity contribution is 5.99. The van der Waals surface area contributed by atoms with E-state index in [0.29, 0.717) is 18.7 Å². The molecule has 5 N–H and O–H groups in total. The predicted molar refractivity (Wildman–Crippen MR) is 183 cm³/mol. The van der Waals surface area contributed by atoms with E-state index in [9.17, 15) is 9.59 Å². The van der Waals surface area contributed by atoms with Crippen molar-refractivity contribution in [2.75, 3.05) is 55.3 Å². The van der Waals surface area contributed by atoms with Gasteiger partial charge >= 0.3 is 6.09 Å². The van der Waals surface area contributed by atoms with Crippen molar-refractivity contribution in [3.63, 3.8) is 0 Å². The Morgan fingerprint density at radius 1 is 1.12 bits per heavy atom. The molecule has 2 aliphatic heterocycles. The van der Waals surface area contributed by atoms with Gasteiger partial charge in [0, 0.05) is 36.3 Å². The third-order valence-electron chi connectivity index (χ3n) is 8.22. The number of rotatable bonds is 11. The fourth-order valence-corrected chi connectivity index (χ4v) is 5.68. The van der Waals surface area contributed by atoms with E-state index in [4.69, 9.17) is 29.4 Å². The molecule has 0 saturated heterocycles. The lowest BCUT2D eigenvalue weighted by Gasteiger charge is -2.30. The number of halogens is 1. The number of fused-ring (bicyclic) bond motifs is 2. The van der Waals surface area contributed by atoms with Crippen LogP contribution in [0.2, 0.25) is 0 Å². The molecule has 4 heterocycles. The molecule has 262 valence electrons. The van der Waals surface area contributed by atoms with Gasteiger partial charge in [-0.1, -0.05) is 18.2 Å². The van der Waals surface area contributed by atoms with Crippen molar-refractivity contribution in [2.24, 2.45) is 5.73 Å². The molecule has 2 amide bonds. The minimum absolute atomic E-state index is 0.131. The Morgan fingerprint density at radius 2 is 1.86 bits per heavy atom. The van der Waals surface area contributed by atoms with Gasteiger partial charge < -0.3 is 45.4 Å². The summed E-state index contributed by atoms with van der Waals surface area (Å²) in [5.41, 5.74) is 7.74. The third kappa shape index (κ3) is 6.82. The highest BCUT2D eigenvalue weighted by Gasteiger charge is 2.36. The van der Waals surface area contributed by atoms with Crippen LogP contribution in [0.1, 0.15) is 31.7 Å². The van der Waals surface area contributed by atoms with Crippen LogP contribution in [-0.4, -0.2) is 73.1 Å². The fraction of sp³-hybridized carbons (Fsp3) is 0.324. The van der Waals surface area contributed by atoms with Gasteiger partial charge in [-0.3, -0.25) is 4.79 Å². The van der Waals surface area contributed by atoms with Gasteiger partial charge in [0.15, 0.2) is 40.3 Å². The molecule has 2 aromatic heterocycles. The standard InChI is InChI=1S/C34H37FN8O7/c1-34(2)31(44)41-30-24(50-34)10-11-27(40-30)39-29-22(35)16-38-32(42-29)43(20-13-25(46-3)28(48-5)26(14-20)47-4)33(45)49-17-19(36)12-18-15-37-23-9-7-6-8-21(18)23/h6-11,13-14,16,18-19,37H,12,15,17,36H2,1-5H3,(H2,38,39,40,41,42,44). The van der Waals surface area contributed by atoms with E-state index in [-0.39, 0.29) is 58.9 Å². The van der Waals surface area contributed by atoms with Crippen LogP contribution in [-0.2, 0) is 9.53 Å². The van der Waals surface area contributed by atoms with Gasteiger partial charge in [-0.05, 0) is 44.0 Å². The van der Waals surface area contributed by atoms with Crippen molar-refractivity contribution in [2.45, 2.75) is 37.8 Å². The number of amides is 2. The molecule has 2 aliphatic rings. The number of nitrogens with one attached hydrogen (secondary N) is 3. The van der Waals surface area contributed by atoms with E-state index in [2.05, 4.69) is 30.9 Å². The van der Waals surface area contributed by atoms with Gasteiger partial charge in [0.1, 0.15) is 12.4 Å². The maximum absolute atomic E-state index is 15.2. The second kappa shape index (κ2) is 13.9. The molecule has 6 rings (SSSR count). The Balaban J connectivity index is 1.29. The average Bonchev–Trinajstić information content (AvgIpc) is 3.51. The molecule has 2 unspecified atom stereocenters. The largest absolute Gasteiger partial charge is 0.493 e. The van der Waals surface area contributed by atoms with Crippen molar-refractivity contribution >= 4 is 46.8 Å². The molecule has 0 bridgehead atoms. The normalized spacial score (nSPS) is 16.1. The van der Waals surface area contributed by atoms with Crippen molar-refractivity contribution in [1.29, 1.82) is 0 Å². The summed E-state index contributed by atoms with van der Waals surface area (Å²) in [6.07, 6.45) is 0.552. The lowest BCUT2D eigenvalue weighted by molar-refractivity contribution is -0.129. The third-order valence-corrected chi connectivity index (χ3v) is 8.22. The van der Waals surface area contributed by atoms with Gasteiger partial charge in [0.2, 0.25) is 11.7 Å². The van der Waals surface area contributed by atoms with Crippen molar-refractivity contribution in [3.05, 3.63) is 66.1 Å². The molecule has 2 atom stereocenters. The fourth-order valence-electron chi connectivity index (χ4n) is 5.68. The number of nitrogens with zero attached hydrogens (tertiary/aromatic N) is 4. The van der Waals surface area contributed by atoms with E-state index in [1.807, 2.05) is 24.3 Å². The summed E-state index contributed by atoms with van der Waals surface area (Å²) in [7, 11) is 4.30. The molecule has 0 saturated carbocycles. The maximum Gasteiger partial charge on any atom is 0.421 e. The molecule has 50 heavy (non-hydrogen) atoms. The lowest BCUT2D eigenvalue weighted by atomic mass is 9.94. The zero-order valence-electron chi connectivity index (χ0n) is 28.1. The molecule has 16 heteroatoms. The van der Waals surface area contributed by atoms with Crippen LogP contribution < -0.4 is 45.5 Å². The number of benzene rings is 2.